The van der Waals surface area contributed by atoms with Crippen molar-refractivity contribution >= 4 is 0 Å². The van der Waals surface area contributed by atoms with Gasteiger partial charge in [0.05, 0.1) is 12.7 Å². The summed E-state index contributed by atoms with van der Waals surface area (Å²) in [7, 11) is 0. The predicted octanol–water partition coefficient (Wildman–Crippen LogP) is 3.34. The average Bonchev–Trinajstić information content (AvgIpc) is 2.41. The van der Waals surface area contributed by atoms with Gasteiger partial charge in [-0.1, -0.05) is 27.2 Å². The van der Waals surface area contributed by atoms with Gasteiger partial charge in [-0.05, 0) is 31.9 Å². The van der Waals surface area contributed by atoms with Gasteiger partial charge in [0, 0.05) is 24.3 Å². The van der Waals surface area contributed by atoms with Gasteiger partial charge in [0.15, 0.2) is 0 Å². The maximum absolute atomic E-state index is 5.73. The lowest BCUT2D eigenvalue weighted by molar-refractivity contribution is 0.0542. The number of ether oxygens (including phenoxy) is 2. The van der Waals surface area contributed by atoms with E-state index in [0.29, 0.717) is 25.1 Å². The summed E-state index contributed by atoms with van der Waals surface area (Å²) >= 11 is 0. The van der Waals surface area contributed by atoms with Crippen molar-refractivity contribution in [2.45, 2.75) is 66.2 Å². The van der Waals surface area contributed by atoms with E-state index in [1.54, 1.807) is 0 Å². The van der Waals surface area contributed by atoms with E-state index in [-0.39, 0.29) is 6.10 Å². The number of nitrogens with zero attached hydrogens (tertiary/aromatic N) is 1. The number of hydrogen-bond donors (Lipinski definition) is 1. The second-order valence-electron chi connectivity index (χ2n) is 5.86. The van der Waals surface area contributed by atoms with Gasteiger partial charge in [-0.25, -0.2) is 4.98 Å². The van der Waals surface area contributed by atoms with E-state index >= 15 is 0 Å². The van der Waals surface area contributed by atoms with Crippen LogP contribution in [0.5, 0.6) is 5.88 Å². The molecule has 0 saturated carbocycles. The highest BCUT2D eigenvalue weighted by molar-refractivity contribution is 5.25. The molecule has 1 N–H and O–H groups in total. The van der Waals surface area contributed by atoms with Crippen LogP contribution in [-0.2, 0) is 17.7 Å². The number of aromatic nitrogens is 1. The molecule has 0 aliphatic rings. The molecule has 21 heavy (non-hydrogen) atoms. The van der Waals surface area contributed by atoms with Crippen molar-refractivity contribution in [3.05, 3.63) is 23.4 Å². The van der Waals surface area contributed by atoms with Crippen LogP contribution in [0.2, 0.25) is 0 Å². The van der Waals surface area contributed by atoms with E-state index in [1.165, 1.54) is 5.56 Å². The van der Waals surface area contributed by atoms with Gasteiger partial charge in [-0.2, -0.15) is 0 Å². The zero-order chi connectivity index (χ0) is 15.7. The van der Waals surface area contributed by atoms with Crippen LogP contribution >= 0.6 is 0 Å². The Morgan fingerprint density at radius 1 is 1.14 bits per heavy atom. The summed E-state index contributed by atoms with van der Waals surface area (Å²) < 4.78 is 11.2. The van der Waals surface area contributed by atoms with Crippen molar-refractivity contribution in [1.29, 1.82) is 0 Å². The molecule has 4 nitrogen and oxygen atoms in total. The fourth-order valence-corrected chi connectivity index (χ4v) is 1.93. The minimum atomic E-state index is 0.235. The predicted molar refractivity (Wildman–Crippen MR) is 86.8 cm³/mol. The molecule has 0 atom stereocenters. The molecule has 0 saturated heterocycles. The van der Waals surface area contributed by atoms with Crippen LogP contribution in [0, 0.1) is 0 Å². The third-order valence-electron chi connectivity index (χ3n) is 2.92. The number of aryl methyl sites for hydroxylation is 1. The lowest BCUT2D eigenvalue weighted by Gasteiger charge is -2.13. The van der Waals surface area contributed by atoms with Crippen LogP contribution in [0.3, 0.4) is 0 Å². The summed E-state index contributed by atoms with van der Waals surface area (Å²) in [6, 6.07) is 4.65. The maximum atomic E-state index is 5.73. The van der Waals surface area contributed by atoms with E-state index in [9.17, 15) is 0 Å². The molecule has 0 spiro atoms. The molecule has 0 fully saturated rings. The zero-order valence-electron chi connectivity index (χ0n) is 14.1. The third kappa shape index (κ3) is 8.02. The van der Waals surface area contributed by atoms with Gasteiger partial charge in [0.25, 0.3) is 0 Å². The molecule has 120 valence electrons. The van der Waals surface area contributed by atoms with E-state index < -0.39 is 0 Å². The van der Waals surface area contributed by atoms with Gasteiger partial charge in [0.1, 0.15) is 6.61 Å². The lowest BCUT2D eigenvalue weighted by Crippen LogP contribution is -2.22. The molecule has 0 bridgehead atoms. The molecule has 0 radical (unpaired) electrons. The fraction of sp³-hybridized carbons (Fsp3) is 0.706. The Hall–Kier alpha value is -1.13. The summed E-state index contributed by atoms with van der Waals surface area (Å²) in [5.74, 6) is 0.703. The first kappa shape index (κ1) is 17.9. The number of pyridine rings is 1. The molecule has 1 rings (SSSR count). The van der Waals surface area contributed by atoms with Crippen LogP contribution < -0.4 is 10.1 Å². The van der Waals surface area contributed by atoms with E-state index in [4.69, 9.17) is 9.47 Å². The molecule has 0 aliphatic carbocycles. The van der Waals surface area contributed by atoms with E-state index in [2.05, 4.69) is 37.1 Å². The number of hydrogen-bond acceptors (Lipinski definition) is 4. The number of nitrogens with one attached hydrogen (secondary N) is 1. The minimum Gasteiger partial charge on any atom is -0.475 e. The van der Waals surface area contributed by atoms with Crippen molar-refractivity contribution < 1.29 is 9.47 Å². The Morgan fingerprint density at radius 2 is 1.90 bits per heavy atom. The normalized spacial score (nSPS) is 11.4. The first-order chi connectivity index (χ1) is 10.0. The minimum absolute atomic E-state index is 0.235. The second kappa shape index (κ2) is 9.74. The molecular weight excluding hydrogens is 264 g/mol. The Bertz CT molecular complexity index is 406. The second-order valence-corrected chi connectivity index (χ2v) is 5.86. The largest absolute Gasteiger partial charge is 0.475 e. The van der Waals surface area contributed by atoms with Crippen LogP contribution in [0.4, 0.5) is 0 Å². The molecule has 0 aromatic carbocycles. The SMILES string of the molecule is CCCc1cc(CNC(C)C)cc(OCCOC(C)C)n1. The van der Waals surface area contributed by atoms with Crippen LogP contribution in [0.15, 0.2) is 12.1 Å². The topological polar surface area (TPSA) is 43.4 Å². The van der Waals surface area contributed by atoms with Crippen molar-refractivity contribution in [1.82, 2.24) is 10.3 Å². The summed E-state index contributed by atoms with van der Waals surface area (Å²) in [6.45, 7) is 12.5. The molecular formula is C17H30N2O2. The first-order valence-corrected chi connectivity index (χ1v) is 7.98. The van der Waals surface area contributed by atoms with Gasteiger partial charge in [-0.3, -0.25) is 0 Å². The Morgan fingerprint density at radius 3 is 2.52 bits per heavy atom. The Kier molecular flexibility index (Phi) is 8.31. The standard InChI is InChI=1S/C17H30N2O2/c1-6-7-16-10-15(12-18-13(2)3)11-17(19-16)21-9-8-20-14(4)5/h10-11,13-14,18H,6-9,12H2,1-5H3. The summed E-state index contributed by atoms with van der Waals surface area (Å²) in [5, 5.41) is 3.43. The highest BCUT2D eigenvalue weighted by atomic mass is 16.5. The highest BCUT2D eigenvalue weighted by Gasteiger charge is 2.05. The highest BCUT2D eigenvalue weighted by Crippen LogP contribution is 2.14. The molecule has 0 aliphatic heterocycles. The van der Waals surface area contributed by atoms with Gasteiger partial charge >= 0.3 is 0 Å². The van der Waals surface area contributed by atoms with Crippen molar-refractivity contribution in [2.75, 3.05) is 13.2 Å². The quantitative estimate of drug-likeness (QED) is 0.672. The van der Waals surface area contributed by atoms with Crippen molar-refractivity contribution in [2.24, 2.45) is 0 Å². The average molecular weight is 294 g/mol. The Balaban J connectivity index is 2.63. The molecule has 1 aromatic rings. The summed E-state index contributed by atoms with van der Waals surface area (Å²) in [4.78, 5) is 4.56. The fourth-order valence-electron chi connectivity index (χ4n) is 1.93. The van der Waals surface area contributed by atoms with Crippen LogP contribution in [-0.4, -0.2) is 30.3 Å². The third-order valence-corrected chi connectivity index (χ3v) is 2.92. The smallest absolute Gasteiger partial charge is 0.213 e. The summed E-state index contributed by atoms with van der Waals surface area (Å²) in [6.07, 6.45) is 2.30. The molecule has 4 heteroatoms. The van der Waals surface area contributed by atoms with Gasteiger partial charge in [0.2, 0.25) is 5.88 Å². The monoisotopic (exact) mass is 294 g/mol. The van der Waals surface area contributed by atoms with Crippen LogP contribution in [0.1, 0.15) is 52.3 Å². The molecule has 1 aromatic heterocycles. The first-order valence-electron chi connectivity index (χ1n) is 7.98. The van der Waals surface area contributed by atoms with Crippen molar-refractivity contribution in [3.8, 4) is 5.88 Å². The molecule has 0 amide bonds. The Labute approximate surface area is 129 Å². The van der Waals surface area contributed by atoms with Gasteiger partial charge in [-0.15, -0.1) is 0 Å². The summed E-state index contributed by atoms with van der Waals surface area (Å²) in [5.41, 5.74) is 2.32. The van der Waals surface area contributed by atoms with E-state index in [1.807, 2.05) is 19.9 Å². The maximum Gasteiger partial charge on any atom is 0.213 e. The van der Waals surface area contributed by atoms with Crippen molar-refractivity contribution in [3.63, 3.8) is 0 Å². The zero-order valence-corrected chi connectivity index (χ0v) is 14.1. The number of rotatable bonds is 10. The molecule has 1 heterocycles. The lowest BCUT2D eigenvalue weighted by atomic mass is 10.1. The van der Waals surface area contributed by atoms with Crippen LogP contribution in [0.25, 0.3) is 0 Å². The van der Waals surface area contributed by atoms with Gasteiger partial charge < -0.3 is 14.8 Å². The van der Waals surface area contributed by atoms with E-state index in [0.717, 1.165) is 25.1 Å². The molecule has 0 unspecified atom stereocenters.